The summed E-state index contributed by atoms with van der Waals surface area (Å²) in [6, 6.07) is 3.69. The highest BCUT2D eigenvalue weighted by atomic mass is 32.1. The Morgan fingerprint density at radius 3 is 2.77 bits per heavy atom. The Balaban J connectivity index is 1.57. The molecule has 0 N–H and O–H groups in total. The van der Waals surface area contributed by atoms with Crippen molar-refractivity contribution in [1.82, 2.24) is 24.8 Å². The van der Waals surface area contributed by atoms with Crippen molar-refractivity contribution in [3.05, 3.63) is 39.8 Å². The number of hydrogen-bond donors (Lipinski definition) is 0. The van der Waals surface area contributed by atoms with E-state index in [0.717, 1.165) is 28.3 Å². The van der Waals surface area contributed by atoms with Crippen LogP contribution in [0.1, 0.15) is 28.7 Å². The summed E-state index contributed by atoms with van der Waals surface area (Å²) in [7, 11) is 0. The van der Waals surface area contributed by atoms with Crippen molar-refractivity contribution in [3.8, 4) is 11.4 Å². The normalized spacial score (nSPS) is 10.9. The first-order chi connectivity index (χ1) is 12.5. The lowest BCUT2D eigenvalue weighted by atomic mass is 10.1. The zero-order chi connectivity index (χ0) is 18.7. The zero-order valence-corrected chi connectivity index (χ0v) is 15.6. The molecule has 0 bridgehead atoms. The van der Waals surface area contributed by atoms with Crippen molar-refractivity contribution in [2.24, 2.45) is 0 Å². The Morgan fingerprint density at radius 2 is 2.12 bits per heavy atom. The van der Waals surface area contributed by atoms with Crippen LogP contribution in [0.25, 0.3) is 11.4 Å². The summed E-state index contributed by atoms with van der Waals surface area (Å²) < 4.78 is 7.12. The maximum absolute atomic E-state index is 12.3. The number of hydrogen-bond acceptors (Lipinski definition) is 7. The maximum Gasteiger partial charge on any atom is 0.330 e. The Labute approximate surface area is 154 Å². The Morgan fingerprint density at radius 1 is 1.31 bits per heavy atom. The van der Waals surface area contributed by atoms with E-state index in [-0.39, 0.29) is 18.9 Å². The second kappa shape index (κ2) is 7.61. The third-order valence-electron chi connectivity index (χ3n) is 4.06. The molecule has 3 aromatic rings. The number of carbonyl (C=O) groups excluding carboxylic acids is 2. The third-order valence-corrected chi connectivity index (χ3v) is 4.74. The number of Topliss-reactive ketones (excluding diaryl/α,β-unsaturated/α-hetero) is 1. The van der Waals surface area contributed by atoms with Gasteiger partial charge in [-0.1, -0.05) is 0 Å². The second-order valence-electron chi connectivity index (χ2n) is 5.77. The highest BCUT2D eigenvalue weighted by Crippen LogP contribution is 2.17. The molecule has 0 fully saturated rings. The standard InChI is InChI=1S/C17H19N5O3S/c1-4-21-11(2)7-14(12(21)3)15(23)9-25-16(24)8-22-19-17(18-20-22)13-5-6-26-10-13/h5-7,10H,4,8-9H2,1-3H3. The van der Waals surface area contributed by atoms with E-state index >= 15 is 0 Å². The van der Waals surface area contributed by atoms with Crippen molar-refractivity contribution in [3.63, 3.8) is 0 Å². The molecule has 0 saturated heterocycles. The van der Waals surface area contributed by atoms with Crippen LogP contribution in [0.5, 0.6) is 0 Å². The molecule has 3 heterocycles. The van der Waals surface area contributed by atoms with Crippen molar-refractivity contribution in [2.45, 2.75) is 33.9 Å². The predicted octanol–water partition coefficient (Wildman–Crippen LogP) is 2.27. The molecule has 0 spiro atoms. The summed E-state index contributed by atoms with van der Waals surface area (Å²) in [5.74, 6) is -0.365. The molecule has 3 rings (SSSR count). The van der Waals surface area contributed by atoms with E-state index in [2.05, 4.69) is 15.4 Å². The van der Waals surface area contributed by atoms with E-state index in [1.54, 1.807) is 0 Å². The number of thiophene rings is 1. The minimum Gasteiger partial charge on any atom is -0.456 e. The number of rotatable bonds is 7. The fraction of sp³-hybridized carbons (Fsp3) is 0.353. The molecule has 0 saturated carbocycles. The molecule has 0 aliphatic heterocycles. The largest absolute Gasteiger partial charge is 0.456 e. The molecule has 8 nitrogen and oxygen atoms in total. The molecule has 0 unspecified atom stereocenters. The predicted molar refractivity (Wildman–Crippen MR) is 96.0 cm³/mol. The molecule has 136 valence electrons. The van der Waals surface area contributed by atoms with Gasteiger partial charge in [0.25, 0.3) is 0 Å². The van der Waals surface area contributed by atoms with E-state index in [9.17, 15) is 9.59 Å². The van der Waals surface area contributed by atoms with E-state index < -0.39 is 5.97 Å². The summed E-state index contributed by atoms with van der Waals surface area (Å²) in [6.45, 7) is 6.13. The molecule has 0 aliphatic rings. The first kappa shape index (κ1) is 18.0. The van der Waals surface area contributed by atoms with Crippen LogP contribution >= 0.6 is 11.3 Å². The zero-order valence-electron chi connectivity index (χ0n) is 14.8. The molecule has 0 aliphatic carbocycles. The molecule has 0 aromatic carbocycles. The summed E-state index contributed by atoms with van der Waals surface area (Å²) in [5, 5.41) is 15.7. The topological polar surface area (TPSA) is 91.9 Å². The van der Waals surface area contributed by atoms with Crippen LogP contribution in [-0.2, 0) is 22.6 Å². The van der Waals surface area contributed by atoms with Crippen molar-refractivity contribution in [1.29, 1.82) is 0 Å². The molecular formula is C17H19N5O3S. The van der Waals surface area contributed by atoms with Gasteiger partial charge in [0.15, 0.2) is 13.2 Å². The van der Waals surface area contributed by atoms with Crippen molar-refractivity contribution >= 4 is 23.1 Å². The van der Waals surface area contributed by atoms with Gasteiger partial charge in [-0.3, -0.25) is 4.79 Å². The lowest BCUT2D eigenvalue weighted by Crippen LogP contribution is -2.20. The number of ether oxygens (including phenoxy) is 1. The van der Waals surface area contributed by atoms with Gasteiger partial charge in [-0.25, -0.2) is 4.79 Å². The fourth-order valence-corrected chi connectivity index (χ4v) is 3.41. The quantitative estimate of drug-likeness (QED) is 0.466. The molecule has 9 heteroatoms. The van der Waals surface area contributed by atoms with Crippen molar-refractivity contribution < 1.29 is 14.3 Å². The molecule has 3 aromatic heterocycles. The number of tetrazole rings is 1. The highest BCUT2D eigenvalue weighted by molar-refractivity contribution is 7.08. The molecule has 0 atom stereocenters. The molecular weight excluding hydrogens is 354 g/mol. The number of ketones is 1. The van der Waals surface area contributed by atoms with Gasteiger partial charge in [-0.05, 0) is 43.5 Å². The summed E-state index contributed by atoms with van der Waals surface area (Å²) in [4.78, 5) is 25.4. The third kappa shape index (κ3) is 3.72. The van der Waals surface area contributed by atoms with E-state index in [1.165, 1.54) is 11.3 Å². The van der Waals surface area contributed by atoms with Gasteiger partial charge in [0.2, 0.25) is 11.6 Å². The minimum atomic E-state index is -0.586. The van der Waals surface area contributed by atoms with E-state index in [0.29, 0.717) is 11.4 Å². The SMILES string of the molecule is CCn1c(C)cc(C(=O)COC(=O)Cn2nnc(-c3ccsc3)n2)c1C. The van der Waals surface area contributed by atoms with Crippen LogP contribution < -0.4 is 0 Å². The fourth-order valence-electron chi connectivity index (χ4n) is 2.77. The van der Waals surface area contributed by atoms with Crippen LogP contribution in [-0.4, -0.2) is 43.1 Å². The average Bonchev–Trinajstić information content (AvgIpc) is 3.33. The van der Waals surface area contributed by atoms with Crippen LogP contribution in [0.15, 0.2) is 22.9 Å². The Bertz CT molecular complexity index is 927. The van der Waals surface area contributed by atoms with Gasteiger partial charge in [-0.2, -0.15) is 16.1 Å². The number of carbonyl (C=O) groups is 2. The van der Waals surface area contributed by atoms with Gasteiger partial charge in [0.05, 0.1) is 0 Å². The van der Waals surface area contributed by atoms with E-state index in [1.807, 2.05) is 48.2 Å². The number of aryl methyl sites for hydroxylation is 1. The van der Waals surface area contributed by atoms with Gasteiger partial charge in [-0.15, -0.1) is 10.2 Å². The molecule has 0 amide bonds. The molecule has 0 radical (unpaired) electrons. The molecule has 26 heavy (non-hydrogen) atoms. The van der Waals surface area contributed by atoms with Crippen LogP contribution in [0.4, 0.5) is 0 Å². The summed E-state index contributed by atoms with van der Waals surface area (Å²) >= 11 is 1.52. The first-order valence-corrected chi connectivity index (χ1v) is 9.09. The second-order valence-corrected chi connectivity index (χ2v) is 6.55. The minimum absolute atomic E-state index is 0.196. The average molecular weight is 373 g/mol. The monoisotopic (exact) mass is 373 g/mol. The summed E-state index contributed by atoms with van der Waals surface area (Å²) in [6.07, 6.45) is 0. The summed E-state index contributed by atoms with van der Waals surface area (Å²) in [5.41, 5.74) is 3.31. The lowest BCUT2D eigenvalue weighted by molar-refractivity contribution is -0.143. The van der Waals surface area contributed by atoms with Gasteiger partial charge in [0.1, 0.15) is 0 Å². The van der Waals surface area contributed by atoms with Gasteiger partial charge in [0, 0.05) is 34.4 Å². The lowest BCUT2D eigenvalue weighted by Gasteiger charge is -2.06. The number of nitrogens with zero attached hydrogens (tertiary/aromatic N) is 5. The van der Waals surface area contributed by atoms with Crippen molar-refractivity contribution in [2.75, 3.05) is 6.61 Å². The van der Waals surface area contributed by atoms with Crippen LogP contribution in [0.3, 0.4) is 0 Å². The Kier molecular flexibility index (Phi) is 5.27. The van der Waals surface area contributed by atoms with Crippen LogP contribution in [0, 0.1) is 13.8 Å². The van der Waals surface area contributed by atoms with E-state index in [4.69, 9.17) is 4.74 Å². The number of esters is 1. The van der Waals surface area contributed by atoms with Gasteiger partial charge >= 0.3 is 5.97 Å². The smallest absolute Gasteiger partial charge is 0.330 e. The van der Waals surface area contributed by atoms with Crippen LogP contribution in [0.2, 0.25) is 0 Å². The number of aromatic nitrogens is 5. The Hall–Kier alpha value is -2.81. The first-order valence-electron chi connectivity index (χ1n) is 8.15. The van der Waals surface area contributed by atoms with Gasteiger partial charge < -0.3 is 9.30 Å². The maximum atomic E-state index is 12.3. The highest BCUT2D eigenvalue weighted by Gasteiger charge is 2.17.